The van der Waals surface area contributed by atoms with Crippen LogP contribution in [0.4, 0.5) is 13.2 Å². The molecule has 0 spiro atoms. The van der Waals surface area contributed by atoms with Gasteiger partial charge in [0.2, 0.25) is 0 Å². The molecule has 0 unspecified atom stereocenters. The Morgan fingerprint density at radius 2 is 1.58 bits per heavy atom. The van der Waals surface area contributed by atoms with Crippen LogP contribution < -0.4 is 10.4 Å². The topological polar surface area (TPSA) is 0 Å². The number of hydrogen-bond donors (Lipinski definition) is 0. The summed E-state index contributed by atoms with van der Waals surface area (Å²) in [5, 5.41) is 2.35. The van der Waals surface area contributed by atoms with Crippen LogP contribution in [0, 0.1) is 0 Å². The Morgan fingerprint density at radius 1 is 0.947 bits per heavy atom. The molecular weight excluding hydrogens is 265 g/mol. The molecule has 100 valence electrons. The first-order valence-electron chi connectivity index (χ1n) is 6.23. The second-order valence-corrected chi connectivity index (χ2v) is 6.43. The molecule has 0 aliphatic rings. The minimum absolute atomic E-state index is 0.575. The van der Waals surface area contributed by atoms with Crippen LogP contribution >= 0.6 is 0 Å². The predicted molar refractivity (Wildman–Crippen MR) is 75.1 cm³/mol. The van der Waals surface area contributed by atoms with E-state index >= 15 is 0 Å². The summed E-state index contributed by atoms with van der Waals surface area (Å²) in [5.41, 5.74) is 0.725. The van der Waals surface area contributed by atoms with Crippen molar-refractivity contribution >= 4 is 19.9 Å². The zero-order valence-electron chi connectivity index (χ0n) is 10.7. The van der Waals surface area contributed by atoms with Gasteiger partial charge in [0.15, 0.2) is 0 Å². The van der Waals surface area contributed by atoms with Crippen molar-refractivity contribution in [3.05, 3.63) is 59.7 Å². The molecule has 0 saturated carbocycles. The van der Waals surface area contributed by atoms with Crippen LogP contribution in [-0.4, -0.2) is 9.52 Å². The van der Waals surface area contributed by atoms with E-state index < -0.39 is 21.3 Å². The Hall–Kier alpha value is -1.55. The van der Waals surface area contributed by atoms with Crippen LogP contribution in [0.1, 0.15) is 18.1 Å². The van der Waals surface area contributed by atoms with Gasteiger partial charge in [-0.2, -0.15) is 13.2 Å². The third-order valence-electron chi connectivity index (χ3n) is 3.18. The maximum absolute atomic E-state index is 12.5. The van der Waals surface area contributed by atoms with E-state index in [0.29, 0.717) is 0 Å². The summed E-state index contributed by atoms with van der Waals surface area (Å²) in [4.78, 5) is 0. The van der Waals surface area contributed by atoms with Crippen molar-refractivity contribution in [1.29, 1.82) is 0 Å². The minimum Gasteiger partial charge on any atom is -0.166 e. The van der Waals surface area contributed by atoms with E-state index in [1.54, 1.807) is 12.1 Å². The van der Waals surface area contributed by atoms with E-state index in [1.807, 2.05) is 12.1 Å². The average Bonchev–Trinajstić information content (AvgIpc) is 2.39. The average molecular weight is 280 g/mol. The Kier molecular flexibility index (Phi) is 4.10. The SMILES string of the molecule is CCc1ccccc1[SiH2]c1ccc(C(F)(F)F)cc1. The Balaban J connectivity index is 2.20. The quantitative estimate of drug-likeness (QED) is 0.757. The lowest BCUT2D eigenvalue weighted by molar-refractivity contribution is -0.137. The van der Waals surface area contributed by atoms with Crippen LogP contribution in [0.5, 0.6) is 0 Å². The highest BCUT2D eigenvalue weighted by Crippen LogP contribution is 2.28. The summed E-state index contributed by atoms with van der Waals surface area (Å²) in [6.07, 6.45) is -3.29. The lowest BCUT2D eigenvalue weighted by Crippen LogP contribution is -2.29. The minimum atomic E-state index is -4.25. The first-order chi connectivity index (χ1) is 9.00. The van der Waals surface area contributed by atoms with Crippen LogP contribution in [0.2, 0.25) is 0 Å². The lowest BCUT2D eigenvalue weighted by atomic mass is 10.2. The smallest absolute Gasteiger partial charge is 0.166 e. The fraction of sp³-hybridized carbons (Fsp3) is 0.200. The number of benzene rings is 2. The van der Waals surface area contributed by atoms with Crippen LogP contribution in [0.25, 0.3) is 0 Å². The molecule has 0 fully saturated rings. The van der Waals surface area contributed by atoms with Gasteiger partial charge in [-0.1, -0.05) is 65.8 Å². The molecular formula is C15H15F3Si. The normalized spacial score (nSPS) is 12.2. The highest BCUT2D eigenvalue weighted by Gasteiger charge is 2.29. The van der Waals surface area contributed by atoms with Crippen LogP contribution in [0.3, 0.4) is 0 Å². The summed E-state index contributed by atoms with van der Waals surface area (Å²) in [6, 6.07) is 13.8. The second kappa shape index (κ2) is 5.61. The molecule has 0 N–H and O–H groups in total. The van der Waals surface area contributed by atoms with E-state index in [9.17, 15) is 13.2 Å². The maximum Gasteiger partial charge on any atom is 0.416 e. The Labute approximate surface area is 113 Å². The van der Waals surface area contributed by atoms with E-state index in [2.05, 4.69) is 19.1 Å². The van der Waals surface area contributed by atoms with Crippen LogP contribution in [0.15, 0.2) is 48.5 Å². The van der Waals surface area contributed by atoms with Crippen molar-refractivity contribution in [3.8, 4) is 0 Å². The first-order valence-corrected chi connectivity index (χ1v) is 7.65. The van der Waals surface area contributed by atoms with Crippen molar-refractivity contribution in [3.63, 3.8) is 0 Å². The molecule has 2 aromatic carbocycles. The molecule has 0 radical (unpaired) electrons. The zero-order chi connectivity index (χ0) is 13.9. The van der Waals surface area contributed by atoms with E-state index in [0.717, 1.165) is 11.6 Å². The van der Waals surface area contributed by atoms with Gasteiger partial charge in [-0.3, -0.25) is 0 Å². The number of hydrogen-bond acceptors (Lipinski definition) is 0. The second-order valence-electron chi connectivity index (χ2n) is 4.49. The fourth-order valence-corrected chi connectivity index (χ4v) is 3.87. The van der Waals surface area contributed by atoms with Gasteiger partial charge in [-0.25, -0.2) is 0 Å². The summed E-state index contributed by atoms with van der Waals surface area (Å²) in [6.45, 7) is 2.10. The molecule has 0 heterocycles. The van der Waals surface area contributed by atoms with Gasteiger partial charge in [0.25, 0.3) is 0 Å². The van der Waals surface area contributed by atoms with Crippen molar-refractivity contribution in [2.75, 3.05) is 0 Å². The molecule has 0 nitrogen and oxygen atoms in total. The van der Waals surface area contributed by atoms with Gasteiger partial charge in [0.05, 0.1) is 15.1 Å². The van der Waals surface area contributed by atoms with Gasteiger partial charge in [0.1, 0.15) is 0 Å². The number of aryl methyl sites for hydroxylation is 1. The molecule has 0 amide bonds. The van der Waals surface area contributed by atoms with Crippen molar-refractivity contribution in [2.45, 2.75) is 19.5 Å². The van der Waals surface area contributed by atoms with Crippen LogP contribution in [-0.2, 0) is 12.6 Å². The van der Waals surface area contributed by atoms with Crippen molar-refractivity contribution < 1.29 is 13.2 Å². The van der Waals surface area contributed by atoms with Gasteiger partial charge >= 0.3 is 6.18 Å². The molecule has 2 aromatic rings. The summed E-state index contributed by atoms with van der Waals surface area (Å²) in [5.74, 6) is 0. The predicted octanol–water partition coefficient (Wildman–Crippen LogP) is 2.39. The maximum atomic E-state index is 12.5. The highest BCUT2D eigenvalue weighted by atomic mass is 28.2. The molecule has 4 heteroatoms. The molecule has 0 aliphatic carbocycles. The van der Waals surface area contributed by atoms with E-state index in [4.69, 9.17) is 0 Å². The van der Waals surface area contributed by atoms with E-state index in [-0.39, 0.29) is 0 Å². The summed E-state index contributed by atoms with van der Waals surface area (Å²) >= 11 is 0. The molecule has 19 heavy (non-hydrogen) atoms. The number of halogens is 3. The lowest BCUT2D eigenvalue weighted by Gasteiger charge is -2.09. The molecule has 2 rings (SSSR count). The third kappa shape index (κ3) is 3.47. The molecule has 0 saturated heterocycles. The molecule has 0 bridgehead atoms. The first kappa shape index (κ1) is 13.9. The third-order valence-corrected chi connectivity index (χ3v) is 5.13. The Morgan fingerprint density at radius 3 is 2.16 bits per heavy atom. The Bertz CT molecular complexity index is 544. The van der Waals surface area contributed by atoms with Crippen molar-refractivity contribution in [1.82, 2.24) is 0 Å². The molecule has 0 atom stereocenters. The van der Waals surface area contributed by atoms with Gasteiger partial charge in [0, 0.05) is 0 Å². The zero-order valence-corrected chi connectivity index (χ0v) is 12.1. The van der Waals surface area contributed by atoms with Gasteiger partial charge in [-0.15, -0.1) is 0 Å². The monoisotopic (exact) mass is 280 g/mol. The number of alkyl halides is 3. The standard InChI is InChI=1S/C15H15F3Si/c1-2-11-5-3-4-6-14(11)19-13-9-7-12(8-10-13)15(16,17)18/h3-10H,2,19H2,1H3. The number of rotatable bonds is 3. The molecule has 0 aliphatic heterocycles. The summed E-state index contributed by atoms with van der Waals surface area (Å²) < 4.78 is 37.4. The van der Waals surface area contributed by atoms with Gasteiger partial charge < -0.3 is 0 Å². The largest absolute Gasteiger partial charge is 0.416 e. The van der Waals surface area contributed by atoms with E-state index in [1.165, 1.54) is 22.9 Å². The molecule has 0 aromatic heterocycles. The fourth-order valence-electron chi connectivity index (χ4n) is 2.11. The highest BCUT2D eigenvalue weighted by molar-refractivity contribution is 6.67. The van der Waals surface area contributed by atoms with Crippen molar-refractivity contribution in [2.24, 2.45) is 0 Å². The van der Waals surface area contributed by atoms with Gasteiger partial charge in [-0.05, 0) is 12.0 Å². The summed E-state index contributed by atoms with van der Waals surface area (Å²) in [7, 11) is -0.701.